The van der Waals surface area contributed by atoms with Crippen LogP contribution in [0.3, 0.4) is 0 Å². The molecule has 0 aliphatic rings. The molecule has 0 fully saturated rings. The summed E-state index contributed by atoms with van der Waals surface area (Å²) in [7, 11) is 0. The van der Waals surface area contributed by atoms with Crippen LogP contribution in [0.25, 0.3) is 11.0 Å². The van der Waals surface area contributed by atoms with Gasteiger partial charge < -0.3 is 14.9 Å². The fraction of sp³-hybridized carbons (Fsp3) is 0.400. The van der Waals surface area contributed by atoms with Gasteiger partial charge in [-0.3, -0.25) is 0 Å². The molecule has 2 aromatic rings. The quantitative estimate of drug-likeness (QED) is 0.696. The Morgan fingerprint density at radius 3 is 2.50 bits per heavy atom. The number of fused-ring (bicyclic) bond motifs is 1. The minimum atomic E-state index is -0.285. The fourth-order valence-electron chi connectivity index (χ4n) is 2.05. The van der Waals surface area contributed by atoms with Gasteiger partial charge in [0.25, 0.3) is 0 Å². The molecule has 4 nitrogen and oxygen atoms in total. The summed E-state index contributed by atoms with van der Waals surface area (Å²) in [5, 5.41) is 0.959. The van der Waals surface area contributed by atoms with Gasteiger partial charge in [-0.2, -0.15) is 0 Å². The number of halogens is 1. The van der Waals surface area contributed by atoms with Crippen LogP contribution in [0.5, 0.6) is 5.75 Å². The molecule has 1 aromatic heterocycles. The van der Waals surface area contributed by atoms with Crippen molar-refractivity contribution >= 4 is 23.4 Å². The van der Waals surface area contributed by atoms with Gasteiger partial charge in [0.05, 0.1) is 6.61 Å². The molecule has 0 aliphatic carbocycles. The lowest BCUT2D eigenvalue weighted by molar-refractivity contribution is 0.311. The number of nitrogens with two attached hydrogens (primary N) is 1. The van der Waals surface area contributed by atoms with E-state index in [1.165, 1.54) is 0 Å². The number of rotatable bonds is 4. The molecule has 0 amide bonds. The van der Waals surface area contributed by atoms with Crippen LogP contribution in [0.15, 0.2) is 21.3 Å². The Morgan fingerprint density at radius 1 is 1.15 bits per heavy atom. The van der Waals surface area contributed by atoms with Crippen molar-refractivity contribution in [2.75, 3.05) is 13.2 Å². The molecule has 0 aliphatic heterocycles. The second-order valence-electron chi connectivity index (χ2n) is 4.70. The highest BCUT2D eigenvalue weighted by atomic mass is 35.5. The molecule has 1 heterocycles. The largest absolute Gasteiger partial charge is 0.493 e. The van der Waals surface area contributed by atoms with Crippen LogP contribution in [0.1, 0.15) is 23.1 Å². The first kappa shape index (κ1) is 16.5. The molecule has 0 radical (unpaired) electrons. The van der Waals surface area contributed by atoms with Crippen molar-refractivity contribution in [2.24, 2.45) is 5.73 Å². The van der Waals surface area contributed by atoms with Crippen molar-refractivity contribution < 1.29 is 9.15 Å². The fourth-order valence-corrected chi connectivity index (χ4v) is 2.05. The Morgan fingerprint density at radius 2 is 1.85 bits per heavy atom. The minimum absolute atomic E-state index is 0. The van der Waals surface area contributed by atoms with E-state index in [0.29, 0.717) is 24.3 Å². The lowest BCUT2D eigenvalue weighted by Crippen LogP contribution is -2.08. The first-order valence-electron chi connectivity index (χ1n) is 6.42. The number of ether oxygens (including phenoxy) is 1. The third-order valence-corrected chi connectivity index (χ3v) is 3.43. The zero-order chi connectivity index (χ0) is 14.0. The Balaban J connectivity index is 0.00000200. The highest BCUT2D eigenvalue weighted by Gasteiger charge is 2.12. The molecule has 0 spiro atoms. The molecular weight excluding hydrogens is 278 g/mol. The number of hydrogen-bond acceptors (Lipinski definition) is 4. The van der Waals surface area contributed by atoms with Crippen molar-refractivity contribution in [1.82, 2.24) is 0 Å². The highest BCUT2D eigenvalue weighted by Crippen LogP contribution is 2.29. The summed E-state index contributed by atoms with van der Waals surface area (Å²) in [4.78, 5) is 11.8. The normalized spacial score (nSPS) is 10.4. The van der Waals surface area contributed by atoms with Crippen molar-refractivity contribution in [1.29, 1.82) is 0 Å². The molecule has 5 heteroatoms. The summed E-state index contributed by atoms with van der Waals surface area (Å²) >= 11 is 0. The summed E-state index contributed by atoms with van der Waals surface area (Å²) in [6.07, 6.45) is 0.800. The maximum absolute atomic E-state index is 11.8. The van der Waals surface area contributed by atoms with Gasteiger partial charge in [0.1, 0.15) is 11.3 Å². The van der Waals surface area contributed by atoms with E-state index >= 15 is 0 Å². The van der Waals surface area contributed by atoms with E-state index in [2.05, 4.69) is 0 Å². The van der Waals surface area contributed by atoms with E-state index in [1.54, 1.807) is 6.92 Å². The lowest BCUT2D eigenvalue weighted by Gasteiger charge is -2.12. The van der Waals surface area contributed by atoms with E-state index in [9.17, 15) is 4.79 Å². The number of hydrogen-bond donors (Lipinski definition) is 1. The van der Waals surface area contributed by atoms with E-state index in [4.69, 9.17) is 14.9 Å². The second-order valence-corrected chi connectivity index (χ2v) is 4.70. The average molecular weight is 298 g/mol. The van der Waals surface area contributed by atoms with Gasteiger partial charge in [-0.15, -0.1) is 12.4 Å². The molecule has 0 saturated carbocycles. The average Bonchev–Trinajstić information content (AvgIpc) is 2.40. The van der Waals surface area contributed by atoms with E-state index in [1.807, 2.05) is 26.0 Å². The smallest absolute Gasteiger partial charge is 0.339 e. The minimum Gasteiger partial charge on any atom is -0.493 e. The van der Waals surface area contributed by atoms with E-state index in [0.717, 1.165) is 28.7 Å². The molecule has 0 atom stereocenters. The summed E-state index contributed by atoms with van der Waals surface area (Å²) in [5.74, 6) is 0.743. The Bertz CT molecular complexity index is 664. The zero-order valence-corrected chi connectivity index (χ0v) is 12.8. The van der Waals surface area contributed by atoms with Crippen LogP contribution in [-0.2, 0) is 0 Å². The number of aryl methyl sites for hydroxylation is 2. The van der Waals surface area contributed by atoms with Gasteiger partial charge in [-0.1, -0.05) is 0 Å². The molecule has 2 N–H and O–H groups in total. The second kappa shape index (κ2) is 6.77. The predicted octanol–water partition coefficient (Wildman–Crippen LogP) is 2.87. The summed E-state index contributed by atoms with van der Waals surface area (Å²) in [6.45, 7) is 6.78. The van der Waals surface area contributed by atoms with Crippen LogP contribution in [0, 0.1) is 20.8 Å². The van der Waals surface area contributed by atoms with Gasteiger partial charge in [-0.25, -0.2) is 4.79 Å². The summed E-state index contributed by atoms with van der Waals surface area (Å²) < 4.78 is 11.0. The Kier molecular flexibility index (Phi) is 5.60. The molecule has 0 unspecified atom stereocenters. The van der Waals surface area contributed by atoms with Crippen molar-refractivity contribution in [2.45, 2.75) is 27.2 Å². The third kappa shape index (κ3) is 2.97. The van der Waals surface area contributed by atoms with Crippen LogP contribution in [-0.4, -0.2) is 13.2 Å². The molecule has 20 heavy (non-hydrogen) atoms. The monoisotopic (exact) mass is 297 g/mol. The molecule has 1 aromatic carbocycles. The first-order valence-corrected chi connectivity index (χ1v) is 6.42. The molecule has 2 rings (SSSR count). The van der Waals surface area contributed by atoms with Gasteiger partial charge in [0.2, 0.25) is 0 Å². The van der Waals surface area contributed by atoms with Crippen LogP contribution < -0.4 is 16.1 Å². The Labute approximate surface area is 124 Å². The van der Waals surface area contributed by atoms with Gasteiger partial charge in [-0.05, 0) is 51.4 Å². The van der Waals surface area contributed by atoms with E-state index < -0.39 is 0 Å². The van der Waals surface area contributed by atoms with Gasteiger partial charge in [0, 0.05) is 16.5 Å². The maximum Gasteiger partial charge on any atom is 0.339 e. The topological polar surface area (TPSA) is 65.5 Å². The van der Waals surface area contributed by atoms with Crippen LogP contribution in [0.2, 0.25) is 0 Å². The van der Waals surface area contributed by atoms with Crippen molar-refractivity contribution in [3.05, 3.63) is 39.2 Å². The SMILES string of the molecule is Cc1c(C)c2ccc(OCCCN)c(C)c2oc1=O.Cl. The molecule has 0 saturated heterocycles. The molecule has 110 valence electrons. The van der Waals surface area contributed by atoms with Crippen molar-refractivity contribution in [3.8, 4) is 5.75 Å². The number of benzene rings is 1. The Hall–Kier alpha value is -1.52. The highest BCUT2D eigenvalue weighted by molar-refractivity contribution is 5.85. The summed E-state index contributed by atoms with van der Waals surface area (Å²) in [6, 6.07) is 3.85. The molecular formula is C15H20ClNO3. The van der Waals surface area contributed by atoms with Crippen LogP contribution >= 0.6 is 12.4 Å². The zero-order valence-electron chi connectivity index (χ0n) is 12.0. The predicted molar refractivity (Wildman–Crippen MR) is 83.1 cm³/mol. The van der Waals surface area contributed by atoms with Gasteiger partial charge in [0.15, 0.2) is 0 Å². The van der Waals surface area contributed by atoms with Crippen molar-refractivity contribution in [3.63, 3.8) is 0 Å². The van der Waals surface area contributed by atoms with Gasteiger partial charge >= 0.3 is 5.63 Å². The lowest BCUT2D eigenvalue weighted by atomic mass is 10.0. The standard InChI is InChI=1S/C15H19NO3.ClH/c1-9-10(2)15(17)19-14-11(3)13(6-5-12(9)14)18-8-4-7-16;/h5-6H,4,7-8,16H2,1-3H3;1H. The molecule has 0 bridgehead atoms. The first-order chi connectivity index (χ1) is 9.06. The third-order valence-electron chi connectivity index (χ3n) is 3.43. The maximum atomic E-state index is 11.8. The van der Waals surface area contributed by atoms with Crippen LogP contribution in [0.4, 0.5) is 0 Å². The summed E-state index contributed by atoms with van der Waals surface area (Å²) in [5.41, 5.74) is 8.24. The van der Waals surface area contributed by atoms with E-state index in [-0.39, 0.29) is 18.0 Å².